The van der Waals surface area contributed by atoms with Crippen molar-refractivity contribution in [1.82, 2.24) is 15.4 Å². The number of hydrogen-bond donors (Lipinski definition) is 3. The first-order valence-electron chi connectivity index (χ1n) is 9.51. The molecule has 1 aromatic carbocycles. The highest BCUT2D eigenvalue weighted by Crippen LogP contribution is 2.27. The zero-order chi connectivity index (χ0) is 19.6. The average molecular weight is 432 g/mol. The monoisotopic (exact) mass is 431 g/mol. The minimum absolute atomic E-state index is 0. The van der Waals surface area contributed by atoms with Gasteiger partial charge in [-0.3, -0.25) is 4.79 Å². The number of amides is 1. The van der Waals surface area contributed by atoms with Crippen LogP contribution in [0.3, 0.4) is 0 Å². The van der Waals surface area contributed by atoms with Crippen LogP contribution in [0.15, 0.2) is 29.2 Å². The molecule has 2 saturated heterocycles. The van der Waals surface area contributed by atoms with Crippen molar-refractivity contribution in [3.63, 3.8) is 0 Å². The average Bonchev–Trinajstić information content (AvgIpc) is 2.97. The van der Waals surface area contributed by atoms with Crippen LogP contribution in [0.2, 0.25) is 0 Å². The van der Waals surface area contributed by atoms with Gasteiger partial charge in [0.2, 0.25) is 15.9 Å². The molecule has 3 rings (SSSR count). The molecule has 3 N–H and O–H groups in total. The molecule has 7 nitrogen and oxygen atoms in total. The first-order valence-corrected chi connectivity index (χ1v) is 11.0. The number of benzene rings is 1. The van der Waals surface area contributed by atoms with Crippen LogP contribution in [0.5, 0.6) is 5.75 Å². The zero-order valence-electron chi connectivity index (χ0n) is 16.5. The van der Waals surface area contributed by atoms with E-state index in [2.05, 4.69) is 15.4 Å². The Kier molecular flexibility index (Phi) is 7.73. The molecule has 0 saturated carbocycles. The lowest BCUT2D eigenvalue weighted by Gasteiger charge is -2.31. The predicted octanol–water partition coefficient (Wildman–Crippen LogP) is 1.82. The van der Waals surface area contributed by atoms with Crippen LogP contribution in [-0.2, 0) is 14.8 Å². The molecule has 0 radical (unpaired) electrons. The maximum atomic E-state index is 12.8. The molecule has 2 fully saturated rings. The lowest BCUT2D eigenvalue weighted by molar-refractivity contribution is -0.124. The van der Waals surface area contributed by atoms with Crippen LogP contribution in [0, 0.1) is 5.92 Å². The number of methoxy groups -OCH3 is 1. The van der Waals surface area contributed by atoms with Gasteiger partial charge < -0.3 is 15.4 Å². The third kappa shape index (κ3) is 5.37. The molecular weight excluding hydrogens is 402 g/mol. The van der Waals surface area contributed by atoms with Crippen molar-refractivity contribution < 1.29 is 17.9 Å². The summed E-state index contributed by atoms with van der Waals surface area (Å²) in [5, 5.41) is 6.61. The van der Waals surface area contributed by atoms with E-state index in [1.54, 1.807) is 12.1 Å². The summed E-state index contributed by atoms with van der Waals surface area (Å²) < 4.78 is 33.1. The van der Waals surface area contributed by atoms with Gasteiger partial charge in [-0.25, -0.2) is 8.42 Å². The second kappa shape index (κ2) is 9.43. The summed E-state index contributed by atoms with van der Waals surface area (Å²) in [6.07, 6.45) is 4.10. The van der Waals surface area contributed by atoms with E-state index in [0.717, 1.165) is 25.7 Å². The summed E-state index contributed by atoms with van der Waals surface area (Å²) in [6, 6.07) is 6.33. The standard InChI is InChI=1S/C19H29N3O4S.ClH/c1-12(2)18(19(23)21-15-10-13-4-5-14(11-15)20-13)22-27(24,25)17-8-6-16(26-3)7-9-17;/h6-9,12-15,18,20,22H,4-5,10-11H2,1-3H3,(H,21,23);1H. The molecule has 0 spiro atoms. The zero-order valence-corrected chi connectivity index (χ0v) is 18.1. The molecule has 1 amide bonds. The SMILES string of the molecule is COc1ccc(S(=O)(=O)NC(C(=O)NC2CC3CCC(C2)N3)C(C)C)cc1.Cl. The van der Waals surface area contributed by atoms with E-state index in [9.17, 15) is 13.2 Å². The second-order valence-corrected chi connectivity index (χ2v) is 9.55. The molecule has 2 aliphatic rings. The van der Waals surface area contributed by atoms with Gasteiger partial charge in [-0.15, -0.1) is 12.4 Å². The van der Waals surface area contributed by atoms with Gasteiger partial charge in [0.15, 0.2) is 0 Å². The highest BCUT2D eigenvalue weighted by molar-refractivity contribution is 7.89. The fourth-order valence-electron chi connectivity index (χ4n) is 3.95. The molecule has 158 valence electrons. The third-order valence-electron chi connectivity index (χ3n) is 5.42. The van der Waals surface area contributed by atoms with E-state index >= 15 is 0 Å². The Morgan fingerprint density at radius 1 is 1.14 bits per heavy atom. The Bertz CT molecular complexity index is 758. The number of rotatable bonds is 7. The van der Waals surface area contributed by atoms with E-state index in [1.807, 2.05) is 13.8 Å². The lowest BCUT2D eigenvalue weighted by Crippen LogP contribution is -2.55. The van der Waals surface area contributed by atoms with Crippen molar-refractivity contribution in [3.05, 3.63) is 24.3 Å². The van der Waals surface area contributed by atoms with Crippen molar-refractivity contribution in [3.8, 4) is 5.75 Å². The van der Waals surface area contributed by atoms with Crippen molar-refractivity contribution in [2.24, 2.45) is 5.92 Å². The van der Waals surface area contributed by atoms with Crippen LogP contribution in [0.4, 0.5) is 0 Å². The number of ether oxygens (including phenoxy) is 1. The normalized spacial score (nSPS) is 25.1. The Balaban J connectivity index is 0.00000280. The van der Waals surface area contributed by atoms with Crippen molar-refractivity contribution >= 4 is 28.3 Å². The van der Waals surface area contributed by atoms with Gasteiger partial charge in [0, 0.05) is 18.1 Å². The van der Waals surface area contributed by atoms with E-state index < -0.39 is 16.1 Å². The number of piperidine rings is 1. The first kappa shape index (κ1) is 22.9. The smallest absolute Gasteiger partial charge is 0.241 e. The van der Waals surface area contributed by atoms with E-state index in [1.165, 1.54) is 19.2 Å². The molecule has 0 aromatic heterocycles. The number of sulfonamides is 1. The first-order chi connectivity index (χ1) is 12.8. The molecule has 2 heterocycles. The Hall–Kier alpha value is -1.35. The van der Waals surface area contributed by atoms with E-state index in [4.69, 9.17) is 4.74 Å². The fraction of sp³-hybridized carbons (Fsp3) is 0.632. The summed E-state index contributed by atoms with van der Waals surface area (Å²) in [7, 11) is -2.28. The molecule has 3 unspecified atom stereocenters. The number of halogens is 1. The van der Waals surface area contributed by atoms with Gasteiger partial charge in [-0.2, -0.15) is 4.72 Å². The van der Waals surface area contributed by atoms with Gasteiger partial charge >= 0.3 is 0 Å². The lowest BCUT2D eigenvalue weighted by atomic mass is 9.98. The quantitative estimate of drug-likeness (QED) is 0.612. The van der Waals surface area contributed by atoms with Gasteiger partial charge in [0.1, 0.15) is 11.8 Å². The maximum absolute atomic E-state index is 12.8. The Labute approximate surface area is 173 Å². The number of carbonyl (C=O) groups is 1. The van der Waals surface area contributed by atoms with Crippen molar-refractivity contribution in [1.29, 1.82) is 0 Å². The molecule has 1 aromatic rings. The van der Waals surface area contributed by atoms with Gasteiger partial charge in [-0.05, 0) is 55.9 Å². The minimum Gasteiger partial charge on any atom is -0.497 e. The second-order valence-electron chi connectivity index (χ2n) is 7.83. The molecule has 28 heavy (non-hydrogen) atoms. The van der Waals surface area contributed by atoms with Crippen LogP contribution in [0.1, 0.15) is 39.5 Å². The summed E-state index contributed by atoms with van der Waals surface area (Å²) in [4.78, 5) is 12.9. The number of nitrogens with one attached hydrogen (secondary N) is 3. The fourth-order valence-corrected chi connectivity index (χ4v) is 5.29. The highest BCUT2D eigenvalue weighted by Gasteiger charge is 2.36. The molecular formula is C19H30ClN3O4S. The maximum Gasteiger partial charge on any atom is 0.241 e. The predicted molar refractivity (Wildman–Crippen MR) is 110 cm³/mol. The van der Waals surface area contributed by atoms with Gasteiger partial charge in [0.05, 0.1) is 12.0 Å². The summed E-state index contributed by atoms with van der Waals surface area (Å²) >= 11 is 0. The molecule has 9 heteroatoms. The number of hydrogen-bond acceptors (Lipinski definition) is 5. The summed E-state index contributed by atoms with van der Waals surface area (Å²) in [5.74, 6) is 0.150. The molecule has 3 atom stereocenters. The van der Waals surface area contributed by atoms with Crippen LogP contribution in [-0.4, -0.2) is 45.6 Å². The van der Waals surface area contributed by atoms with Crippen molar-refractivity contribution in [2.75, 3.05) is 7.11 Å². The molecule has 2 aliphatic heterocycles. The Morgan fingerprint density at radius 2 is 1.71 bits per heavy atom. The summed E-state index contributed by atoms with van der Waals surface area (Å²) in [6.45, 7) is 3.68. The molecule has 0 aliphatic carbocycles. The van der Waals surface area contributed by atoms with E-state index in [-0.39, 0.29) is 35.2 Å². The van der Waals surface area contributed by atoms with Crippen LogP contribution < -0.4 is 20.1 Å². The summed E-state index contributed by atoms with van der Waals surface area (Å²) in [5.41, 5.74) is 0. The van der Waals surface area contributed by atoms with Crippen LogP contribution >= 0.6 is 12.4 Å². The highest BCUT2D eigenvalue weighted by atomic mass is 35.5. The minimum atomic E-state index is -3.80. The number of fused-ring (bicyclic) bond motifs is 2. The Morgan fingerprint density at radius 3 is 2.21 bits per heavy atom. The van der Waals surface area contributed by atoms with Crippen LogP contribution in [0.25, 0.3) is 0 Å². The number of carbonyl (C=O) groups excluding carboxylic acids is 1. The molecule has 2 bridgehead atoms. The largest absolute Gasteiger partial charge is 0.497 e. The van der Waals surface area contributed by atoms with E-state index in [0.29, 0.717) is 17.8 Å². The topological polar surface area (TPSA) is 96.5 Å². The van der Waals surface area contributed by atoms with Crippen molar-refractivity contribution in [2.45, 2.75) is 68.6 Å². The van der Waals surface area contributed by atoms with Gasteiger partial charge in [0.25, 0.3) is 0 Å². The third-order valence-corrected chi connectivity index (χ3v) is 6.88. The van der Waals surface area contributed by atoms with Gasteiger partial charge in [-0.1, -0.05) is 13.8 Å².